The highest BCUT2D eigenvalue weighted by Gasteiger charge is 2.40. The molecule has 24 heavy (non-hydrogen) atoms. The molecule has 1 amide bonds. The quantitative estimate of drug-likeness (QED) is 0.750. The van der Waals surface area contributed by atoms with E-state index in [0.29, 0.717) is 38.9 Å². The Morgan fingerprint density at radius 3 is 2.46 bits per heavy atom. The molecule has 3 rings (SSSR count). The van der Waals surface area contributed by atoms with Gasteiger partial charge in [0.2, 0.25) is 15.9 Å². The molecule has 0 radical (unpaired) electrons. The van der Waals surface area contributed by atoms with Crippen LogP contribution in [0.1, 0.15) is 38.5 Å². The largest absolute Gasteiger partial charge is 0.356 e. The van der Waals surface area contributed by atoms with Crippen molar-refractivity contribution in [3.05, 3.63) is 0 Å². The van der Waals surface area contributed by atoms with E-state index in [2.05, 4.69) is 5.32 Å². The molecule has 1 unspecified atom stereocenters. The van der Waals surface area contributed by atoms with E-state index in [-0.39, 0.29) is 34.5 Å². The average molecular weight is 379 g/mol. The number of carbonyl (C=O) groups excluding carboxylic acids is 1. The maximum atomic E-state index is 12.5. The molecule has 138 valence electrons. The summed E-state index contributed by atoms with van der Waals surface area (Å²) in [6, 6.07) is 0. The van der Waals surface area contributed by atoms with Crippen LogP contribution in [0.15, 0.2) is 0 Å². The number of hydrogen-bond acceptors (Lipinski definition) is 5. The van der Waals surface area contributed by atoms with E-state index in [1.165, 1.54) is 0 Å². The Hall–Kier alpha value is -0.670. The summed E-state index contributed by atoms with van der Waals surface area (Å²) in [6.45, 7) is 1.65. The van der Waals surface area contributed by atoms with Gasteiger partial charge in [-0.1, -0.05) is 0 Å². The molecule has 0 bridgehead atoms. The van der Waals surface area contributed by atoms with Gasteiger partial charge < -0.3 is 5.32 Å². The lowest BCUT2D eigenvalue weighted by Crippen LogP contribution is -2.51. The maximum Gasteiger partial charge on any atom is 0.220 e. The van der Waals surface area contributed by atoms with Gasteiger partial charge in [-0.3, -0.25) is 4.79 Å². The van der Waals surface area contributed by atoms with Crippen LogP contribution in [0.2, 0.25) is 0 Å². The Bertz CT molecular complexity index is 681. The van der Waals surface area contributed by atoms with Gasteiger partial charge in [0, 0.05) is 26.1 Å². The molecule has 0 aromatic heterocycles. The van der Waals surface area contributed by atoms with E-state index in [1.807, 2.05) is 0 Å². The first kappa shape index (κ1) is 18.1. The Kier molecular flexibility index (Phi) is 4.96. The average Bonchev–Trinajstić information content (AvgIpc) is 2.89. The van der Waals surface area contributed by atoms with Gasteiger partial charge in [-0.25, -0.2) is 21.1 Å². The molecule has 0 aliphatic carbocycles. The van der Waals surface area contributed by atoms with Crippen molar-refractivity contribution in [1.82, 2.24) is 9.62 Å². The first-order valence-electron chi connectivity index (χ1n) is 8.65. The van der Waals surface area contributed by atoms with Crippen LogP contribution >= 0.6 is 0 Å². The first-order chi connectivity index (χ1) is 11.2. The van der Waals surface area contributed by atoms with E-state index in [0.717, 1.165) is 19.3 Å². The molecule has 3 fully saturated rings. The number of sulfonamides is 1. The van der Waals surface area contributed by atoms with E-state index in [9.17, 15) is 21.6 Å². The van der Waals surface area contributed by atoms with Gasteiger partial charge in [0.05, 0.1) is 17.3 Å². The monoisotopic (exact) mass is 378 g/mol. The molecule has 0 aromatic carbocycles. The topological polar surface area (TPSA) is 101 Å². The fraction of sp³-hybridized carbons (Fsp3) is 0.933. The number of amides is 1. The minimum Gasteiger partial charge on any atom is -0.356 e. The third-order valence-corrected chi connectivity index (χ3v) is 9.57. The second kappa shape index (κ2) is 6.57. The first-order valence-corrected chi connectivity index (χ1v) is 12.1. The molecular weight excluding hydrogens is 352 g/mol. The van der Waals surface area contributed by atoms with Crippen molar-refractivity contribution in [2.75, 3.05) is 36.9 Å². The highest BCUT2D eigenvalue weighted by Crippen LogP contribution is 2.38. The Morgan fingerprint density at radius 1 is 1.21 bits per heavy atom. The predicted molar refractivity (Wildman–Crippen MR) is 90.6 cm³/mol. The van der Waals surface area contributed by atoms with Gasteiger partial charge in [-0.15, -0.1) is 0 Å². The number of carbonyl (C=O) groups is 1. The minimum atomic E-state index is -3.32. The lowest BCUT2D eigenvalue weighted by molar-refractivity contribution is -0.124. The molecule has 3 aliphatic rings. The van der Waals surface area contributed by atoms with Crippen LogP contribution in [0, 0.1) is 11.3 Å². The summed E-state index contributed by atoms with van der Waals surface area (Å²) in [7, 11) is -6.28. The van der Waals surface area contributed by atoms with Crippen molar-refractivity contribution in [1.29, 1.82) is 0 Å². The van der Waals surface area contributed by atoms with E-state index in [4.69, 9.17) is 0 Å². The van der Waals surface area contributed by atoms with Gasteiger partial charge in [-0.2, -0.15) is 0 Å². The van der Waals surface area contributed by atoms with Crippen molar-refractivity contribution < 1.29 is 21.6 Å². The van der Waals surface area contributed by atoms with Crippen molar-refractivity contribution in [3.8, 4) is 0 Å². The molecule has 1 spiro atoms. The molecule has 3 heterocycles. The number of nitrogens with one attached hydrogen (secondary N) is 1. The highest BCUT2D eigenvalue weighted by molar-refractivity contribution is 7.91. The normalized spacial score (nSPS) is 30.3. The Balaban J connectivity index is 1.50. The maximum absolute atomic E-state index is 12.5. The summed E-state index contributed by atoms with van der Waals surface area (Å²) in [6.07, 6.45) is 3.95. The van der Waals surface area contributed by atoms with Crippen molar-refractivity contribution in [2.24, 2.45) is 11.3 Å². The predicted octanol–water partition coefficient (Wildman–Crippen LogP) is 0.133. The van der Waals surface area contributed by atoms with Crippen LogP contribution < -0.4 is 5.32 Å². The summed E-state index contributed by atoms with van der Waals surface area (Å²) < 4.78 is 49.6. The van der Waals surface area contributed by atoms with Gasteiger partial charge in [-0.05, 0) is 43.4 Å². The van der Waals surface area contributed by atoms with Crippen molar-refractivity contribution in [2.45, 2.75) is 38.5 Å². The third-order valence-electron chi connectivity index (χ3n) is 5.83. The standard InChI is InChI=1S/C15H26N2O5S2/c18-14-1-4-15(12-16-14)5-7-17(8-6-15)24(21,22)10-3-13-2-9-23(19,20)11-13/h13H,1-12H2,(H,16,18). The van der Waals surface area contributed by atoms with E-state index < -0.39 is 19.9 Å². The van der Waals surface area contributed by atoms with Crippen molar-refractivity contribution in [3.63, 3.8) is 0 Å². The van der Waals surface area contributed by atoms with Crippen LogP contribution in [0.25, 0.3) is 0 Å². The molecule has 1 atom stereocenters. The summed E-state index contributed by atoms with van der Waals surface area (Å²) in [5.74, 6) is 0.425. The van der Waals surface area contributed by atoms with E-state index in [1.54, 1.807) is 4.31 Å². The van der Waals surface area contributed by atoms with Gasteiger partial charge in [0.25, 0.3) is 0 Å². The number of hydrogen-bond donors (Lipinski definition) is 1. The Labute approximate surface area is 144 Å². The number of sulfone groups is 1. The zero-order valence-corrected chi connectivity index (χ0v) is 15.5. The molecular formula is C15H26N2O5S2. The summed E-state index contributed by atoms with van der Waals surface area (Å²) in [4.78, 5) is 11.3. The smallest absolute Gasteiger partial charge is 0.220 e. The molecule has 9 heteroatoms. The lowest BCUT2D eigenvalue weighted by atomic mass is 9.73. The van der Waals surface area contributed by atoms with Crippen molar-refractivity contribution >= 4 is 25.8 Å². The fourth-order valence-corrected chi connectivity index (χ4v) is 7.59. The molecule has 3 saturated heterocycles. The fourth-order valence-electron chi connectivity index (χ4n) is 4.05. The van der Waals surface area contributed by atoms with Crippen LogP contribution in [0.4, 0.5) is 0 Å². The third kappa shape index (κ3) is 4.11. The summed E-state index contributed by atoms with van der Waals surface area (Å²) >= 11 is 0. The van der Waals surface area contributed by atoms with E-state index >= 15 is 0 Å². The van der Waals surface area contributed by atoms with Crippen LogP contribution in [0.5, 0.6) is 0 Å². The van der Waals surface area contributed by atoms with Gasteiger partial charge in [0.15, 0.2) is 9.84 Å². The minimum absolute atomic E-state index is 0.0190. The number of piperidine rings is 2. The Morgan fingerprint density at radius 2 is 1.92 bits per heavy atom. The highest BCUT2D eigenvalue weighted by atomic mass is 32.2. The zero-order valence-electron chi connectivity index (χ0n) is 13.9. The summed E-state index contributed by atoms with van der Waals surface area (Å²) in [5.41, 5.74) is 0.0550. The van der Waals surface area contributed by atoms with Gasteiger partial charge >= 0.3 is 0 Å². The SMILES string of the molecule is O=C1CCC2(CCN(S(=O)(=O)CCC3CCS(=O)(=O)C3)CC2)CN1. The zero-order chi connectivity index (χ0) is 17.4. The van der Waals surface area contributed by atoms with Crippen LogP contribution in [0.3, 0.4) is 0 Å². The van der Waals surface area contributed by atoms with Gasteiger partial charge in [0.1, 0.15) is 0 Å². The molecule has 0 saturated carbocycles. The number of rotatable bonds is 4. The second-order valence-corrected chi connectivity index (χ2v) is 11.9. The van der Waals surface area contributed by atoms with Crippen LogP contribution in [-0.2, 0) is 24.7 Å². The number of nitrogens with zero attached hydrogens (tertiary/aromatic N) is 1. The molecule has 0 aromatic rings. The molecule has 7 nitrogen and oxygen atoms in total. The lowest BCUT2D eigenvalue weighted by Gasteiger charge is -2.43. The summed E-state index contributed by atoms with van der Waals surface area (Å²) in [5, 5.41) is 2.90. The second-order valence-electron chi connectivity index (χ2n) is 7.55. The molecule has 1 N–H and O–H groups in total. The van der Waals surface area contributed by atoms with Crippen LogP contribution in [-0.4, -0.2) is 63.9 Å². The molecule has 3 aliphatic heterocycles.